The van der Waals surface area contributed by atoms with Crippen molar-refractivity contribution in [1.82, 2.24) is 10.2 Å². The molecule has 1 aliphatic heterocycles. The lowest BCUT2D eigenvalue weighted by molar-refractivity contribution is 0.112. The van der Waals surface area contributed by atoms with Crippen LogP contribution in [0.3, 0.4) is 0 Å². The summed E-state index contributed by atoms with van der Waals surface area (Å²) >= 11 is 0. The molecule has 0 radical (unpaired) electrons. The van der Waals surface area contributed by atoms with Gasteiger partial charge in [-0.2, -0.15) is 0 Å². The quantitative estimate of drug-likeness (QED) is 0.846. The van der Waals surface area contributed by atoms with Crippen LogP contribution in [0, 0.1) is 0 Å². The van der Waals surface area contributed by atoms with Crippen molar-refractivity contribution in [3.05, 3.63) is 35.9 Å². The standard InChI is InChI=1S/C15H24N2O/c1-13(14-6-3-2-4-7-14)15(12-18)17-10-5-8-16-9-11-17/h2-4,6-7,13,15-16,18H,5,8-12H2,1H3. The fraction of sp³-hybridized carbons (Fsp3) is 0.600. The van der Waals surface area contributed by atoms with Crippen molar-refractivity contribution in [2.24, 2.45) is 0 Å². The molecule has 0 bridgehead atoms. The number of aliphatic hydroxyl groups is 1. The Bertz CT molecular complexity index is 334. The smallest absolute Gasteiger partial charge is 0.0592 e. The molecule has 1 aromatic carbocycles. The Balaban J connectivity index is 2.07. The van der Waals surface area contributed by atoms with E-state index < -0.39 is 0 Å². The van der Waals surface area contributed by atoms with Gasteiger partial charge in [-0.15, -0.1) is 0 Å². The predicted molar refractivity (Wildman–Crippen MR) is 74.8 cm³/mol. The molecule has 1 heterocycles. The molecule has 0 aliphatic carbocycles. The van der Waals surface area contributed by atoms with Gasteiger partial charge in [-0.1, -0.05) is 37.3 Å². The summed E-state index contributed by atoms with van der Waals surface area (Å²) in [6, 6.07) is 10.7. The van der Waals surface area contributed by atoms with Crippen LogP contribution in [0.2, 0.25) is 0 Å². The number of benzene rings is 1. The van der Waals surface area contributed by atoms with E-state index in [1.807, 2.05) is 6.07 Å². The molecular weight excluding hydrogens is 224 g/mol. The van der Waals surface area contributed by atoms with E-state index in [1.165, 1.54) is 5.56 Å². The average Bonchev–Trinajstić information content (AvgIpc) is 2.70. The van der Waals surface area contributed by atoms with E-state index in [9.17, 15) is 5.11 Å². The van der Waals surface area contributed by atoms with Gasteiger partial charge in [-0.25, -0.2) is 0 Å². The second-order valence-corrected chi connectivity index (χ2v) is 5.09. The summed E-state index contributed by atoms with van der Waals surface area (Å²) in [5.41, 5.74) is 1.31. The number of hydrogen-bond donors (Lipinski definition) is 2. The molecule has 0 spiro atoms. The highest BCUT2D eigenvalue weighted by Crippen LogP contribution is 2.23. The first-order chi connectivity index (χ1) is 8.83. The van der Waals surface area contributed by atoms with E-state index in [0.717, 1.165) is 32.6 Å². The van der Waals surface area contributed by atoms with Crippen LogP contribution < -0.4 is 5.32 Å². The molecule has 0 saturated carbocycles. The van der Waals surface area contributed by atoms with Crippen LogP contribution in [0.5, 0.6) is 0 Å². The predicted octanol–water partition coefficient (Wildman–Crippen LogP) is 1.45. The Labute approximate surface area is 110 Å². The number of rotatable bonds is 4. The molecule has 2 N–H and O–H groups in total. The third-order valence-electron chi connectivity index (χ3n) is 3.93. The van der Waals surface area contributed by atoms with E-state index in [1.54, 1.807) is 0 Å². The van der Waals surface area contributed by atoms with Gasteiger partial charge in [0.15, 0.2) is 0 Å². The van der Waals surface area contributed by atoms with Crippen molar-refractivity contribution in [1.29, 1.82) is 0 Å². The minimum Gasteiger partial charge on any atom is -0.395 e. The van der Waals surface area contributed by atoms with Gasteiger partial charge in [0.05, 0.1) is 6.61 Å². The maximum atomic E-state index is 9.74. The van der Waals surface area contributed by atoms with Gasteiger partial charge in [-0.05, 0) is 31.0 Å². The molecule has 1 saturated heterocycles. The Morgan fingerprint density at radius 2 is 2.00 bits per heavy atom. The van der Waals surface area contributed by atoms with Crippen molar-refractivity contribution < 1.29 is 5.11 Å². The largest absolute Gasteiger partial charge is 0.395 e. The maximum Gasteiger partial charge on any atom is 0.0592 e. The summed E-state index contributed by atoms with van der Waals surface area (Å²) in [7, 11) is 0. The fourth-order valence-electron chi connectivity index (χ4n) is 2.77. The van der Waals surface area contributed by atoms with Crippen LogP contribution in [0.4, 0.5) is 0 Å². The summed E-state index contributed by atoms with van der Waals surface area (Å²) in [4.78, 5) is 2.43. The van der Waals surface area contributed by atoms with E-state index in [2.05, 4.69) is 41.4 Å². The first-order valence-corrected chi connectivity index (χ1v) is 6.93. The molecule has 1 aliphatic rings. The lowest BCUT2D eigenvalue weighted by Gasteiger charge is -2.33. The van der Waals surface area contributed by atoms with Crippen molar-refractivity contribution in [2.45, 2.75) is 25.3 Å². The molecule has 3 heteroatoms. The summed E-state index contributed by atoms with van der Waals surface area (Å²) in [6.45, 7) is 6.68. The number of nitrogens with zero attached hydrogens (tertiary/aromatic N) is 1. The molecule has 1 fully saturated rings. The van der Waals surface area contributed by atoms with Gasteiger partial charge in [-0.3, -0.25) is 4.90 Å². The molecule has 1 aromatic rings. The first kappa shape index (κ1) is 13.5. The van der Waals surface area contributed by atoms with Gasteiger partial charge >= 0.3 is 0 Å². The Kier molecular flexibility index (Phi) is 5.17. The molecular formula is C15H24N2O. The van der Waals surface area contributed by atoms with E-state index in [4.69, 9.17) is 0 Å². The second-order valence-electron chi connectivity index (χ2n) is 5.09. The minimum absolute atomic E-state index is 0.229. The monoisotopic (exact) mass is 248 g/mol. The van der Waals surface area contributed by atoms with Crippen LogP contribution in [0.15, 0.2) is 30.3 Å². The van der Waals surface area contributed by atoms with E-state index in [0.29, 0.717) is 5.92 Å². The maximum absolute atomic E-state index is 9.74. The molecule has 3 nitrogen and oxygen atoms in total. The van der Waals surface area contributed by atoms with Gasteiger partial charge in [0.1, 0.15) is 0 Å². The minimum atomic E-state index is 0.229. The third kappa shape index (κ3) is 3.31. The van der Waals surface area contributed by atoms with Crippen molar-refractivity contribution in [2.75, 3.05) is 32.8 Å². The summed E-state index contributed by atoms with van der Waals surface area (Å²) in [6.07, 6.45) is 1.16. The van der Waals surface area contributed by atoms with Crippen LogP contribution in [-0.4, -0.2) is 48.8 Å². The lowest BCUT2D eigenvalue weighted by Crippen LogP contribution is -2.43. The molecule has 0 amide bonds. The number of nitrogens with one attached hydrogen (secondary N) is 1. The summed E-state index contributed by atoms with van der Waals surface area (Å²) < 4.78 is 0. The van der Waals surface area contributed by atoms with E-state index in [-0.39, 0.29) is 12.6 Å². The first-order valence-electron chi connectivity index (χ1n) is 6.93. The number of aliphatic hydroxyl groups excluding tert-OH is 1. The van der Waals surface area contributed by atoms with Gasteiger partial charge in [0.25, 0.3) is 0 Å². The van der Waals surface area contributed by atoms with E-state index >= 15 is 0 Å². The van der Waals surface area contributed by atoms with Crippen LogP contribution in [-0.2, 0) is 0 Å². The Morgan fingerprint density at radius 3 is 2.72 bits per heavy atom. The zero-order chi connectivity index (χ0) is 12.8. The van der Waals surface area contributed by atoms with Crippen molar-refractivity contribution in [3.8, 4) is 0 Å². The number of hydrogen-bond acceptors (Lipinski definition) is 3. The lowest BCUT2D eigenvalue weighted by atomic mass is 9.92. The van der Waals surface area contributed by atoms with Crippen molar-refractivity contribution in [3.63, 3.8) is 0 Å². The zero-order valence-corrected chi connectivity index (χ0v) is 11.2. The average molecular weight is 248 g/mol. The highest BCUT2D eigenvalue weighted by molar-refractivity contribution is 5.20. The van der Waals surface area contributed by atoms with Gasteiger partial charge in [0, 0.05) is 19.1 Å². The highest BCUT2D eigenvalue weighted by atomic mass is 16.3. The van der Waals surface area contributed by atoms with Crippen LogP contribution in [0.25, 0.3) is 0 Å². The summed E-state index contributed by atoms with van der Waals surface area (Å²) in [5, 5.41) is 13.2. The fourth-order valence-corrected chi connectivity index (χ4v) is 2.77. The zero-order valence-electron chi connectivity index (χ0n) is 11.2. The molecule has 18 heavy (non-hydrogen) atoms. The molecule has 2 atom stereocenters. The SMILES string of the molecule is CC(c1ccccc1)C(CO)N1CCCNCC1. The third-order valence-corrected chi connectivity index (χ3v) is 3.93. The normalized spacial score (nSPS) is 21.2. The highest BCUT2D eigenvalue weighted by Gasteiger charge is 2.25. The molecule has 0 aromatic heterocycles. The van der Waals surface area contributed by atoms with Crippen LogP contribution >= 0.6 is 0 Å². The molecule has 100 valence electrons. The Morgan fingerprint density at radius 1 is 1.22 bits per heavy atom. The Hall–Kier alpha value is -0.900. The van der Waals surface area contributed by atoms with Crippen molar-refractivity contribution >= 4 is 0 Å². The second kappa shape index (κ2) is 6.88. The molecule has 2 unspecified atom stereocenters. The molecule has 2 rings (SSSR count). The summed E-state index contributed by atoms with van der Waals surface area (Å²) in [5.74, 6) is 0.370. The van der Waals surface area contributed by atoms with Gasteiger partial charge in [0.2, 0.25) is 0 Å². The van der Waals surface area contributed by atoms with Crippen LogP contribution in [0.1, 0.15) is 24.8 Å². The van der Waals surface area contributed by atoms with Gasteiger partial charge < -0.3 is 10.4 Å². The topological polar surface area (TPSA) is 35.5 Å².